The summed E-state index contributed by atoms with van der Waals surface area (Å²) < 4.78 is 6.72. The number of hydrogen-bond acceptors (Lipinski definition) is 4. The zero-order valence-corrected chi connectivity index (χ0v) is 13.9. The van der Waals surface area contributed by atoms with E-state index in [0.717, 1.165) is 0 Å². The van der Waals surface area contributed by atoms with Crippen LogP contribution < -0.4 is 5.32 Å². The highest BCUT2D eigenvalue weighted by Gasteiger charge is 2.19. The van der Waals surface area contributed by atoms with Crippen LogP contribution in [0.15, 0.2) is 30.5 Å². The molecule has 1 saturated heterocycles. The third kappa shape index (κ3) is 3.58. The molecule has 1 aromatic heterocycles. The number of benzene rings is 1. The highest BCUT2D eigenvalue weighted by Crippen LogP contribution is 2.17. The van der Waals surface area contributed by atoms with E-state index in [1.165, 1.54) is 4.68 Å². The van der Waals surface area contributed by atoms with E-state index < -0.39 is 5.91 Å². The molecular formula is C16H17ClN4O3. The second-order valence-corrected chi connectivity index (χ2v) is 5.84. The number of carbonyl (C=O) groups is 2. The van der Waals surface area contributed by atoms with Crippen LogP contribution in [-0.4, -0.2) is 52.8 Å². The molecule has 126 valence electrons. The number of rotatable bonds is 3. The van der Waals surface area contributed by atoms with Gasteiger partial charge in [0.25, 0.3) is 11.8 Å². The molecule has 0 radical (unpaired) electrons. The number of hydrogen-bond donors (Lipinski definition) is 1. The SMILES string of the molecule is Cn1cc(Cl)c(C(=O)Nc2ccc(C(=O)N3CCOCC3)cc2)n1. The molecule has 1 aromatic carbocycles. The molecule has 24 heavy (non-hydrogen) atoms. The Morgan fingerprint density at radius 3 is 2.46 bits per heavy atom. The minimum Gasteiger partial charge on any atom is -0.378 e. The Morgan fingerprint density at radius 2 is 1.88 bits per heavy atom. The first-order chi connectivity index (χ1) is 11.5. The molecular weight excluding hydrogens is 332 g/mol. The van der Waals surface area contributed by atoms with Crippen LogP contribution in [0.1, 0.15) is 20.8 Å². The number of anilines is 1. The molecule has 1 fully saturated rings. The number of amides is 2. The molecule has 3 rings (SSSR count). The lowest BCUT2D eigenvalue weighted by Crippen LogP contribution is -2.40. The number of carbonyl (C=O) groups excluding carboxylic acids is 2. The second kappa shape index (κ2) is 7.02. The van der Waals surface area contributed by atoms with Crippen molar-refractivity contribution in [3.63, 3.8) is 0 Å². The Hall–Kier alpha value is -2.38. The highest BCUT2D eigenvalue weighted by molar-refractivity contribution is 6.34. The minimum atomic E-state index is -0.396. The fraction of sp³-hybridized carbons (Fsp3) is 0.312. The number of nitrogens with one attached hydrogen (secondary N) is 1. The maximum absolute atomic E-state index is 12.4. The molecule has 2 aromatic rings. The van der Waals surface area contributed by atoms with Gasteiger partial charge < -0.3 is 15.0 Å². The first kappa shape index (κ1) is 16.5. The van der Waals surface area contributed by atoms with Gasteiger partial charge in [0.2, 0.25) is 0 Å². The normalized spacial score (nSPS) is 14.5. The Kier molecular flexibility index (Phi) is 4.82. The van der Waals surface area contributed by atoms with Crippen molar-refractivity contribution >= 4 is 29.1 Å². The lowest BCUT2D eigenvalue weighted by Gasteiger charge is -2.26. The third-order valence-electron chi connectivity index (χ3n) is 3.69. The predicted octanol–water partition coefficient (Wildman–Crippen LogP) is 1.80. The molecule has 7 nitrogen and oxygen atoms in total. The first-order valence-corrected chi connectivity index (χ1v) is 7.90. The molecule has 0 unspecified atom stereocenters. The zero-order valence-electron chi connectivity index (χ0n) is 13.2. The van der Waals surface area contributed by atoms with Crippen LogP contribution in [-0.2, 0) is 11.8 Å². The number of nitrogens with zero attached hydrogens (tertiary/aromatic N) is 3. The number of aryl methyl sites for hydroxylation is 1. The van der Waals surface area contributed by atoms with Crippen molar-refractivity contribution in [1.29, 1.82) is 0 Å². The molecule has 0 aliphatic carbocycles. The Bertz CT molecular complexity index is 751. The monoisotopic (exact) mass is 348 g/mol. The van der Waals surface area contributed by atoms with E-state index in [1.54, 1.807) is 42.4 Å². The summed E-state index contributed by atoms with van der Waals surface area (Å²) in [5.74, 6) is -0.434. The summed E-state index contributed by atoms with van der Waals surface area (Å²) in [6.07, 6.45) is 1.56. The average Bonchev–Trinajstić information content (AvgIpc) is 2.94. The zero-order chi connectivity index (χ0) is 17.1. The van der Waals surface area contributed by atoms with E-state index in [4.69, 9.17) is 16.3 Å². The van der Waals surface area contributed by atoms with Crippen LogP contribution in [0, 0.1) is 0 Å². The summed E-state index contributed by atoms with van der Waals surface area (Å²) in [6, 6.07) is 6.74. The molecule has 1 N–H and O–H groups in total. The molecule has 0 saturated carbocycles. The third-order valence-corrected chi connectivity index (χ3v) is 3.96. The van der Waals surface area contributed by atoms with E-state index in [0.29, 0.717) is 37.6 Å². The van der Waals surface area contributed by atoms with Gasteiger partial charge in [0.05, 0.1) is 18.2 Å². The van der Waals surface area contributed by atoms with Crippen molar-refractivity contribution in [2.24, 2.45) is 7.05 Å². The van der Waals surface area contributed by atoms with Crippen molar-refractivity contribution in [3.8, 4) is 0 Å². The second-order valence-electron chi connectivity index (χ2n) is 5.44. The fourth-order valence-electron chi connectivity index (χ4n) is 2.45. The summed E-state index contributed by atoms with van der Waals surface area (Å²) in [6.45, 7) is 2.31. The van der Waals surface area contributed by atoms with Gasteiger partial charge in [0, 0.05) is 37.6 Å². The van der Waals surface area contributed by atoms with E-state index in [1.807, 2.05) is 0 Å². The standard InChI is InChI=1S/C16H17ClN4O3/c1-20-10-13(17)14(19-20)15(22)18-12-4-2-11(3-5-12)16(23)21-6-8-24-9-7-21/h2-5,10H,6-9H2,1H3,(H,18,22). The summed E-state index contributed by atoms with van der Waals surface area (Å²) in [7, 11) is 1.69. The lowest BCUT2D eigenvalue weighted by atomic mass is 10.1. The van der Waals surface area contributed by atoms with Crippen molar-refractivity contribution in [3.05, 3.63) is 46.7 Å². The number of aromatic nitrogens is 2. The van der Waals surface area contributed by atoms with Gasteiger partial charge in [-0.05, 0) is 24.3 Å². The van der Waals surface area contributed by atoms with Gasteiger partial charge in [0.15, 0.2) is 5.69 Å². The molecule has 8 heteroatoms. The summed E-state index contributed by atoms with van der Waals surface area (Å²) >= 11 is 5.95. The van der Waals surface area contributed by atoms with E-state index >= 15 is 0 Å². The van der Waals surface area contributed by atoms with Gasteiger partial charge in [-0.15, -0.1) is 0 Å². The van der Waals surface area contributed by atoms with Gasteiger partial charge in [0.1, 0.15) is 0 Å². The maximum atomic E-state index is 12.4. The molecule has 0 bridgehead atoms. The van der Waals surface area contributed by atoms with Crippen LogP contribution in [0.5, 0.6) is 0 Å². The van der Waals surface area contributed by atoms with E-state index in [9.17, 15) is 9.59 Å². The van der Waals surface area contributed by atoms with Gasteiger partial charge in [-0.3, -0.25) is 14.3 Å². The van der Waals surface area contributed by atoms with Crippen LogP contribution in [0.4, 0.5) is 5.69 Å². The molecule has 2 amide bonds. The summed E-state index contributed by atoms with van der Waals surface area (Å²) in [4.78, 5) is 26.3. The van der Waals surface area contributed by atoms with Crippen LogP contribution in [0.2, 0.25) is 5.02 Å². The van der Waals surface area contributed by atoms with Gasteiger partial charge in [-0.1, -0.05) is 11.6 Å². The molecule has 0 spiro atoms. The van der Waals surface area contributed by atoms with E-state index in [2.05, 4.69) is 10.4 Å². The minimum absolute atomic E-state index is 0.0380. The maximum Gasteiger partial charge on any atom is 0.277 e. The van der Waals surface area contributed by atoms with Crippen molar-refractivity contribution < 1.29 is 14.3 Å². The largest absolute Gasteiger partial charge is 0.378 e. The van der Waals surface area contributed by atoms with Crippen LogP contribution in [0.3, 0.4) is 0 Å². The van der Waals surface area contributed by atoms with E-state index in [-0.39, 0.29) is 16.6 Å². The summed E-state index contributed by atoms with van der Waals surface area (Å²) in [5.41, 5.74) is 1.30. The van der Waals surface area contributed by atoms with Crippen molar-refractivity contribution in [2.75, 3.05) is 31.6 Å². The van der Waals surface area contributed by atoms with Gasteiger partial charge in [-0.2, -0.15) is 5.10 Å². The highest BCUT2D eigenvalue weighted by atomic mass is 35.5. The summed E-state index contributed by atoms with van der Waals surface area (Å²) in [5, 5.41) is 7.01. The Morgan fingerprint density at radius 1 is 1.21 bits per heavy atom. The number of ether oxygens (including phenoxy) is 1. The molecule has 1 aliphatic rings. The fourth-order valence-corrected chi connectivity index (χ4v) is 2.71. The molecule has 0 atom stereocenters. The smallest absolute Gasteiger partial charge is 0.277 e. The lowest BCUT2D eigenvalue weighted by molar-refractivity contribution is 0.0303. The van der Waals surface area contributed by atoms with Crippen LogP contribution in [0.25, 0.3) is 0 Å². The molecule has 2 heterocycles. The average molecular weight is 349 g/mol. The number of morpholine rings is 1. The predicted molar refractivity (Wildman–Crippen MR) is 89.3 cm³/mol. The van der Waals surface area contributed by atoms with Crippen LogP contribution >= 0.6 is 11.6 Å². The topological polar surface area (TPSA) is 76.5 Å². The Labute approximate surface area is 144 Å². The van der Waals surface area contributed by atoms with Crippen molar-refractivity contribution in [2.45, 2.75) is 0 Å². The van der Waals surface area contributed by atoms with Gasteiger partial charge in [-0.25, -0.2) is 0 Å². The quantitative estimate of drug-likeness (QED) is 0.917. The first-order valence-electron chi connectivity index (χ1n) is 7.52. The Balaban J connectivity index is 1.67. The molecule has 1 aliphatic heterocycles. The number of halogens is 1. The van der Waals surface area contributed by atoms with Crippen molar-refractivity contribution in [1.82, 2.24) is 14.7 Å². The van der Waals surface area contributed by atoms with Gasteiger partial charge >= 0.3 is 0 Å².